The van der Waals surface area contributed by atoms with E-state index in [9.17, 15) is 8.42 Å². The van der Waals surface area contributed by atoms with E-state index in [0.29, 0.717) is 29.4 Å². The van der Waals surface area contributed by atoms with Crippen molar-refractivity contribution >= 4 is 9.84 Å². The zero-order chi connectivity index (χ0) is 12.0. The highest BCUT2D eigenvalue weighted by molar-refractivity contribution is 7.91. The van der Waals surface area contributed by atoms with E-state index >= 15 is 0 Å². The summed E-state index contributed by atoms with van der Waals surface area (Å²) in [5.41, 5.74) is 6.37. The van der Waals surface area contributed by atoms with E-state index in [-0.39, 0.29) is 6.04 Å². The smallest absolute Gasteiger partial charge is 0.150 e. The number of rotatable bonds is 1. The first-order valence-corrected chi connectivity index (χ1v) is 8.59. The van der Waals surface area contributed by atoms with E-state index in [1.165, 1.54) is 25.9 Å². The van der Waals surface area contributed by atoms with Gasteiger partial charge in [-0.25, -0.2) is 8.42 Å². The molecule has 0 aromatic rings. The minimum atomic E-state index is -2.74. The van der Waals surface area contributed by atoms with E-state index < -0.39 is 9.84 Å². The summed E-state index contributed by atoms with van der Waals surface area (Å²) in [5.74, 6) is 1.94. The summed E-state index contributed by atoms with van der Waals surface area (Å²) in [7, 11) is -2.74. The lowest BCUT2D eigenvalue weighted by atomic mass is 9.73. The molecule has 98 valence electrons. The van der Waals surface area contributed by atoms with E-state index in [0.717, 1.165) is 12.8 Å². The van der Waals surface area contributed by atoms with Gasteiger partial charge in [0.05, 0.1) is 11.5 Å². The van der Waals surface area contributed by atoms with Gasteiger partial charge in [0.15, 0.2) is 0 Å². The molecule has 0 radical (unpaired) electrons. The average Bonchev–Trinajstić information content (AvgIpc) is 2.32. The summed E-state index contributed by atoms with van der Waals surface area (Å²) in [5, 5.41) is 0. The summed E-state index contributed by atoms with van der Waals surface area (Å²) < 4.78 is 23.0. The Labute approximate surface area is 103 Å². The van der Waals surface area contributed by atoms with Gasteiger partial charge in [-0.3, -0.25) is 4.90 Å². The van der Waals surface area contributed by atoms with E-state index in [4.69, 9.17) is 5.73 Å². The number of piperidine rings is 3. The molecular formula is C12H22N2O2S. The van der Waals surface area contributed by atoms with E-state index in [1.54, 1.807) is 0 Å². The fourth-order valence-corrected chi connectivity index (χ4v) is 5.51. The predicted octanol–water partition coefficient (Wildman–Crippen LogP) is 0.233. The summed E-state index contributed by atoms with van der Waals surface area (Å²) >= 11 is 0. The first-order chi connectivity index (χ1) is 8.07. The lowest BCUT2D eigenvalue weighted by Crippen LogP contribution is -2.64. The van der Waals surface area contributed by atoms with Gasteiger partial charge in [0.2, 0.25) is 0 Å². The van der Waals surface area contributed by atoms with Gasteiger partial charge in [-0.1, -0.05) is 0 Å². The van der Waals surface area contributed by atoms with Crippen molar-refractivity contribution in [1.82, 2.24) is 4.90 Å². The molecule has 0 aromatic carbocycles. The molecule has 4 heterocycles. The standard InChI is InChI=1S/C12H22N2O2S/c13-11-9-1-5-14(6-2-9)12(11)10-3-7-17(15,16)8-4-10/h9-12H,1-8,13H2. The number of sulfone groups is 1. The van der Waals surface area contributed by atoms with Crippen molar-refractivity contribution in [2.75, 3.05) is 24.6 Å². The monoisotopic (exact) mass is 258 g/mol. The van der Waals surface area contributed by atoms with E-state index in [2.05, 4.69) is 4.90 Å². The van der Waals surface area contributed by atoms with Crippen LogP contribution in [-0.4, -0.2) is 50.0 Å². The third kappa shape index (κ3) is 2.13. The van der Waals surface area contributed by atoms with Crippen LogP contribution in [0.5, 0.6) is 0 Å². The number of hydrogen-bond donors (Lipinski definition) is 1. The first-order valence-electron chi connectivity index (χ1n) is 6.77. The molecule has 2 unspecified atom stereocenters. The molecule has 0 saturated carbocycles. The van der Waals surface area contributed by atoms with Crippen molar-refractivity contribution < 1.29 is 8.42 Å². The second kappa shape index (κ2) is 4.21. The Kier molecular flexibility index (Phi) is 2.96. The van der Waals surface area contributed by atoms with Crippen LogP contribution in [0.1, 0.15) is 25.7 Å². The third-order valence-corrected chi connectivity index (χ3v) is 6.73. The molecule has 4 rings (SSSR count). The van der Waals surface area contributed by atoms with Crippen LogP contribution < -0.4 is 5.73 Å². The van der Waals surface area contributed by atoms with E-state index in [1.807, 2.05) is 0 Å². The topological polar surface area (TPSA) is 63.4 Å². The fourth-order valence-electron chi connectivity index (χ4n) is 3.99. The number of nitrogens with zero attached hydrogens (tertiary/aromatic N) is 1. The van der Waals surface area contributed by atoms with Crippen LogP contribution >= 0.6 is 0 Å². The molecule has 0 aromatic heterocycles. The molecule has 4 aliphatic rings. The molecular weight excluding hydrogens is 236 g/mol. The molecule has 0 spiro atoms. The molecule has 4 saturated heterocycles. The van der Waals surface area contributed by atoms with Crippen molar-refractivity contribution in [3.05, 3.63) is 0 Å². The summed E-state index contributed by atoms with van der Waals surface area (Å²) in [6.45, 7) is 2.35. The highest BCUT2D eigenvalue weighted by Crippen LogP contribution is 2.37. The highest BCUT2D eigenvalue weighted by Gasteiger charge is 2.44. The number of fused-ring (bicyclic) bond motifs is 3. The average molecular weight is 258 g/mol. The van der Waals surface area contributed by atoms with Gasteiger partial charge in [-0.2, -0.15) is 0 Å². The SMILES string of the molecule is NC1C2CCN(CC2)C1C1CCS(=O)(=O)CC1. The van der Waals surface area contributed by atoms with Crippen LogP contribution in [0.2, 0.25) is 0 Å². The Bertz CT molecular complexity index is 371. The van der Waals surface area contributed by atoms with Gasteiger partial charge in [-0.15, -0.1) is 0 Å². The maximum atomic E-state index is 11.5. The van der Waals surface area contributed by atoms with Gasteiger partial charge in [-0.05, 0) is 50.6 Å². The normalized spacial score (nSPS) is 45.9. The summed E-state index contributed by atoms with van der Waals surface area (Å²) in [6.07, 6.45) is 4.12. The van der Waals surface area contributed by atoms with Gasteiger partial charge >= 0.3 is 0 Å². The number of hydrogen-bond acceptors (Lipinski definition) is 4. The Morgan fingerprint density at radius 3 is 2.06 bits per heavy atom. The Balaban J connectivity index is 1.72. The van der Waals surface area contributed by atoms with Crippen LogP contribution in [-0.2, 0) is 9.84 Å². The molecule has 2 bridgehead atoms. The van der Waals surface area contributed by atoms with Crippen molar-refractivity contribution in [2.45, 2.75) is 37.8 Å². The van der Waals surface area contributed by atoms with Crippen molar-refractivity contribution in [3.8, 4) is 0 Å². The fraction of sp³-hybridized carbons (Fsp3) is 1.00. The van der Waals surface area contributed by atoms with Crippen LogP contribution in [0.3, 0.4) is 0 Å². The zero-order valence-corrected chi connectivity index (χ0v) is 11.0. The Hall–Kier alpha value is -0.130. The lowest BCUT2D eigenvalue weighted by Gasteiger charge is -2.53. The van der Waals surface area contributed by atoms with Gasteiger partial charge in [0.25, 0.3) is 0 Å². The Morgan fingerprint density at radius 1 is 0.941 bits per heavy atom. The van der Waals surface area contributed by atoms with Crippen LogP contribution in [0.25, 0.3) is 0 Å². The largest absolute Gasteiger partial charge is 0.326 e. The van der Waals surface area contributed by atoms with Gasteiger partial charge < -0.3 is 5.73 Å². The molecule has 5 heteroatoms. The molecule has 4 aliphatic heterocycles. The lowest BCUT2D eigenvalue weighted by molar-refractivity contribution is -0.00453. The maximum Gasteiger partial charge on any atom is 0.150 e. The predicted molar refractivity (Wildman–Crippen MR) is 67.4 cm³/mol. The summed E-state index contributed by atoms with van der Waals surface area (Å²) in [6, 6.07) is 0.737. The molecule has 2 N–H and O–H groups in total. The quantitative estimate of drug-likeness (QED) is 0.731. The molecule has 0 amide bonds. The molecule has 0 aliphatic carbocycles. The Morgan fingerprint density at radius 2 is 1.53 bits per heavy atom. The maximum absolute atomic E-state index is 11.5. The zero-order valence-electron chi connectivity index (χ0n) is 10.2. The minimum Gasteiger partial charge on any atom is -0.326 e. The second-order valence-electron chi connectivity index (χ2n) is 5.93. The highest BCUT2D eigenvalue weighted by atomic mass is 32.2. The molecule has 4 fully saturated rings. The second-order valence-corrected chi connectivity index (χ2v) is 8.23. The van der Waals surface area contributed by atoms with Crippen LogP contribution in [0, 0.1) is 11.8 Å². The van der Waals surface area contributed by atoms with Crippen molar-refractivity contribution in [3.63, 3.8) is 0 Å². The molecule has 4 nitrogen and oxygen atoms in total. The van der Waals surface area contributed by atoms with Crippen molar-refractivity contribution in [2.24, 2.45) is 17.6 Å². The minimum absolute atomic E-state index is 0.281. The van der Waals surface area contributed by atoms with Crippen LogP contribution in [0.15, 0.2) is 0 Å². The van der Waals surface area contributed by atoms with Crippen molar-refractivity contribution in [1.29, 1.82) is 0 Å². The number of nitrogens with two attached hydrogens (primary N) is 1. The molecule has 2 atom stereocenters. The first kappa shape index (κ1) is 11.9. The van der Waals surface area contributed by atoms with Gasteiger partial charge in [0.1, 0.15) is 9.84 Å². The molecule has 17 heavy (non-hydrogen) atoms. The van der Waals surface area contributed by atoms with Crippen LogP contribution in [0.4, 0.5) is 0 Å². The van der Waals surface area contributed by atoms with Gasteiger partial charge in [0, 0.05) is 12.1 Å². The third-order valence-electron chi connectivity index (χ3n) is 5.02. The summed E-state index contributed by atoms with van der Waals surface area (Å²) in [4.78, 5) is 2.52.